The molecule has 0 unspecified atom stereocenters. The number of nitrogens with zero attached hydrogens (tertiary/aromatic N) is 2. The first kappa shape index (κ1) is 17.4. The number of thiazole rings is 1. The molecule has 1 aromatic carbocycles. The van der Waals surface area contributed by atoms with E-state index in [9.17, 15) is 0 Å². The molecule has 0 radical (unpaired) electrons. The smallest absolute Gasteiger partial charge is 0.187 e. The van der Waals surface area contributed by atoms with Crippen LogP contribution in [0.1, 0.15) is 25.0 Å². The van der Waals surface area contributed by atoms with Crippen molar-refractivity contribution in [3.8, 4) is 0 Å². The van der Waals surface area contributed by atoms with Crippen molar-refractivity contribution in [2.75, 3.05) is 31.6 Å². The van der Waals surface area contributed by atoms with Gasteiger partial charge in [0, 0.05) is 43.9 Å². The number of nitrogens with one attached hydrogen (secondary N) is 1. The number of hydrogen-bond acceptors (Lipinski definition) is 6. The zero-order chi connectivity index (χ0) is 16.6. The maximum absolute atomic E-state index is 8.80. The zero-order valence-corrected chi connectivity index (χ0v) is 14.7. The standard InChI is InChI=1S/C18H25N3O2S/c22-11-4-12-23-17-7-9-21(10-8-17)13-16-14-24-18(20-16)19-15-5-2-1-3-6-15/h1-3,5-6,14,17,22H,4,7-13H2,(H,19,20). The van der Waals surface area contributed by atoms with Gasteiger partial charge >= 0.3 is 0 Å². The third-order valence-electron chi connectivity index (χ3n) is 4.15. The van der Waals surface area contributed by atoms with Crippen LogP contribution in [-0.2, 0) is 11.3 Å². The number of benzene rings is 1. The van der Waals surface area contributed by atoms with Gasteiger partial charge in [0.1, 0.15) is 0 Å². The molecule has 0 spiro atoms. The molecular formula is C18H25N3O2S. The summed E-state index contributed by atoms with van der Waals surface area (Å²) in [5.41, 5.74) is 2.19. The normalized spacial score (nSPS) is 16.4. The van der Waals surface area contributed by atoms with Crippen molar-refractivity contribution >= 4 is 22.2 Å². The summed E-state index contributed by atoms with van der Waals surface area (Å²) in [6.45, 7) is 3.87. The molecule has 0 atom stereocenters. The number of piperidine rings is 1. The van der Waals surface area contributed by atoms with Crippen molar-refractivity contribution in [2.45, 2.75) is 31.9 Å². The first-order valence-electron chi connectivity index (χ1n) is 8.55. The Bertz CT molecular complexity index is 597. The average molecular weight is 347 g/mol. The summed E-state index contributed by atoms with van der Waals surface area (Å²) in [6.07, 6.45) is 3.20. The van der Waals surface area contributed by atoms with Crippen molar-refractivity contribution in [2.24, 2.45) is 0 Å². The van der Waals surface area contributed by atoms with Gasteiger partial charge in [0.05, 0.1) is 11.8 Å². The molecular weight excluding hydrogens is 322 g/mol. The summed E-state index contributed by atoms with van der Waals surface area (Å²) in [5.74, 6) is 0. The fraction of sp³-hybridized carbons (Fsp3) is 0.500. The van der Waals surface area contributed by atoms with Crippen LogP contribution < -0.4 is 5.32 Å². The third-order valence-corrected chi connectivity index (χ3v) is 4.96. The Morgan fingerprint density at radius 1 is 1.25 bits per heavy atom. The molecule has 1 fully saturated rings. The predicted octanol–water partition coefficient (Wildman–Crippen LogP) is 3.25. The Morgan fingerprint density at radius 3 is 2.79 bits per heavy atom. The van der Waals surface area contributed by atoms with E-state index in [0.717, 1.165) is 55.4 Å². The molecule has 1 aromatic heterocycles. The van der Waals surface area contributed by atoms with Gasteiger partial charge in [-0.15, -0.1) is 11.3 Å². The second-order valence-electron chi connectivity index (χ2n) is 6.06. The highest BCUT2D eigenvalue weighted by Crippen LogP contribution is 2.22. The van der Waals surface area contributed by atoms with Crippen LogP contribution in [0.15, 0.2) is 35.7 Å². The van der Waals surface area contributed by atoms with Gasteiger partial charge in [-0.3, -0.25) is 4.90 Å². The van der Waals surface area contributed by atoms with Crippen molar-refractivity contribution in [1.82, 2.24) is 9.88 Å². The Kier molecular flexibility index (Phi) is 6.60. The Hall–Kier alpha value is -1.47. The van der Waals surface area contributed by atoms with E-state index in [-0.39, 0.29) is 6.61 Å². The maximum Gasteiger partial charge on any atom is 0.187 e. The van der Waals surface area contributed by atoms with Gasteiger partial charge in [-0.25, -0.2) is 4.98 Å². The summed E-state index contributed by atoms with van der Waals surface area (Å²) < 4.78 is 5.78. The second kappa shape index (κ2) is 9.13. The maximum atomic E-state index is 8.80. The lowest BCUT2D eigenvalue weighted by Gasteiger charge is -2.31. The van der Waals surface area contributed by atoms with E-state index in [4.69, 9.17) is 9.84 Å². The number of ether oxygens (including phenoxy) is 1. The van der Waals surface area contributed by atoms with Crippen LogP contribution in [0.5, 0.6) is 0 Å². The zero-order valence-electron chi connectivity index (χ0n) is 13.9. The summed E-state index contributed by atoms with van der Waals surface area (Å²) >= 11 is 1.65. The van der Waals surface area contributed by atoms with E-state index >= 15 is 0 Å². The number of rotatable bonds is 8. The van der Waals surface area contributed by atoms with Gasteiger partial charge in [-0.05, 0) is 31.4 Å². The quantitative estimate of drug-likeness (QED) is 0.718. The molecule has 2 heterocycles. The third kappa shape index (κ3) is 5.27. The van der Waals surface area contributed by atoms with E-state index in [1.807, 2.05) is 30.3 Å². The highest BCUT2D eigenvalue weighted by Gasteiger charge is 2.20. The topological polar surface area (TPSA) is 57.6 Å². The lowest BCUT2D eigenvalue weighted by Crippen LogP contribution is -2.36. The number of para-hydroxylation sites is 1. The highest BCUT2D eigenvalue weighted by molar-refractivity contribution is 7.13. The summed E-state index contributed by atoms with van der Waals surface area (Å²) in [6, 6.07) is 10.1. The van der Waals surface area contributed by atoms with E-state index in [1.165, 1.54) is 0 Å². The number of anilines is 2. The van der Waals surface area contributed by atoms with Crippen LogP contribution in [0.4, 0.5) is 10.8 Å². The molecule has 2 aromatic rings. The minimum Gasteiger partial charge on any atom is -0.396 e. The van der Waals surface area contributed by atoms with Crippen molar-refractivity contribution in [3.05, 3.63) is 41.4 Å². The number of aliphatic hydroxyl groups excluding tert-OH is 1. The molecule has 130 valence electrons. The Balaban J connectivity index is 1.43. The highest BCUT2D eigenvalue weighted by atomic mass is 32.1. The number of aromatic nitrogens is 1. The van der Waals surface area contributed by atoms with Crippen LogP contribution in [0.25, 0.3) is 0 Å². The van der Waals surface area contributed by atoms with Gasteiger partial charge in [0.25, 0.3) is 0 Å². The second-order valence-corrected chi connectivity index (χ2v) is 6.92. The SMILES string of the molecule is OCCCOC1CCN(Cc2csc(Nc3ccccc3)n2)CC1. The first-order chi connectivity index (χ1) is 11.8. The molecule has 2 N–H and O–H groups in total. The molecule has 1 saturated heterocycles. The number of aliphatic hydroxyl groups is 1. The molecule has 0 saturated carbocycles. The Morgan fingerprint density at radius 2 is 2.04 bits per heavy atom. The van der Waals surface area contributed by atoms with Crippen molar-refractivity contribution < 1.29 is 9.84 Å². The average Bonchev–Trinajstić information content (AvgIpc) is 3.04. The fourth-order valence-corrected chi connectivity index (χ4v) is 3.58. The van der Waals surface area contributed by atoms with Crippen molar-refractivity contribution in [1.29, 1.82) is 0 Å². The monoisotopic (exact) mass is 347 g/mol. The Labute approximate surface area is 147 Å². The predicted molar refractivity (Wildman–Crippen MR) is 97.8 cm³/mol. The molecule has 24 heavy (non-hydrogen) atoms. The van der Waals surface area contributed by atoms with Crippen LogP contribution in [0.2, 0.25) is 0 Å². The largest absolute Gasteiger partial charge is 0.396 e. The van der Waals surface area contributed by atoms with Crippen molar-refractivity contribution in [3.63, 3.8) is 0 Å². The van der Waals surface area contributed by atoms with Gasteiger partial charge in [0.15, 0.2) is 5.13 Å². The molecule has 0 amide bonds. The summed E-state index contributed by atoms with van der Waals surface area (Å²) in [5, 5.41) is 15.2. The minimum atomic E-state index is 0.210. The molecule has 0 aliphatic carbocycles. The molecule has 1 aliphatic rings. The van der Waals surface area contributed by atoms with E-state index in [0.29, 0.717) is 12.7 Å². The van der Waals surface area contributed by atoms with Crippen LogP contribution in [-0.4, -0.2) is 47.4 Å². The minimum absolute atomic E-state index is 0.210. The van der Waals surface area contributed by atoms with Crippen LogP contribution in [0, 0.1) is 0 Å². The molecule has 1 aliphatic heterocycles. The number of likely N-dealkylation sites (tertiary alicyclic amines) is 1. The first-order valence-corrected chi connectivity index (χ1v) is 9.43. The van der Waals surface area contributed by atoms with E-state index < -0.39 is 0 Å². The van der Waals surface area contributed by atoms with E-state index in [2.05, 4.69) is 20.6 Å². The number of hydrogen-bond donors (Lipinski definition) is 2. The molecule has 6 heteroatoms. The summed E-state index contributed by atoms with van der Waals surface area (Å²) in [7, 11) is 0. The van der Waals surface area contributed by atoms with Gasteiger partial charge in [-0.2, -0.15) is 0 Å². The molecule has 0 bridgehead atoms. The van der Waals surface area contributed by atoms with Crippen LogP contribution in [0.3, 0.4) is 0 Å². The lowest BCUT2D eigenvalue weighted by molar-refractivity contribution is 0.000609. The lowest BCUT2D eigenvalue weighted by atomic mass is 10.1. The molecule has 3 rings (SSSR count). The van der Waals surface area contributed by atoms with Gasteiger partial charge < -0.3 is 15.2 Å². The molecule has 5 nitrogen and oxygen atoms in total. The van der Waals surface area contributed by atoms with E-state index in [1.54, 1.807) is 11.3 Å². The van der Waals surface area contributed by atoms with Gasteiger partial charge in [-0.1, -0.05) is 18.2 Å². The fourth-order valence-electron chi connectivity index (χ4n) is 2.86. The van der Waals surface area contributed by atoms with Crippen LogP contribution >= 0.6 is 11.3 Å². The van der Waals surface area contributed by atoms with Gasteiger partial charge in [0.2, 0.25) is 0 Å². The summed E-state index contributed by atoms with van der Waals surface area (Å²) in [4.78, 5) is 7.12.